The first-order valence-electron chi connectivity index (χ1n) is 9.03. The second kappa shape index (κ2) is 7.74. The first kappa shape index (κ1) is 18.1. The Kier molecular flexibility index (Phi) is 5.00. The van der Waals surface area contributed by atoms with Crippen LogP contribution in [0.1, 0.15) is 22.7 Å². The minimum absolute atomic E-state index is 0.163. The molecule has 0 radical (unpaired) electrons. The SMILES string of the molecule is Cc1ccc(N2C(=S)N(/N=C\c3ccccc3)C(=O)[C@@H]2c2ccccc2)cc1. The fourth-order valence-corrected chi connectivity index (χ4v) is 3.54. The second-order valence-corrected chi connectivity index (χ2v) is 6.97. The number of hydrogen-bond acceptors (Lipinski definition) is 3. The molecule has 0 N–H and O–H groups in total. The fraction of sp³-hybridized carbons (Fsp3) is 0.0870. The summed E-state index contributed by atoms with van der Waals surface area (Å²) in [7, 11) is 0. The van der Waals surface area contributed by atoms with E-state index in [-0.39, 0.29) is 5.91 Å². The first-order valence-corrected chi connectivity index (χ1v) is 9.44. The third kappa shape index (κ3) is 3.44. The van der Waals surface area contributed by atoms with Gasteiger partial charge in [0.2, 0.25) is 5.11 Å². The number of thiocarbonyl (C=S) groups is 1. The van der Waals surface area contributed by atoms with Crippen LogP contribution < -0.4 is 4.90 Å². The zero-order valence-corrected chi connectivity index (χ0v) is 16.2. The average Bonchev–Trinajstić information content (AvgIpc) is 2.98. The Bertz CT molecular complexity index is 1020. The molecule has 1 saturated heterocycles. The average molecular weight is 385 g/mol. The van der Waals surface area contributed by atoms with Crippen molar-refractivity contribution in [3.63, 3.8) is 0 Å². The van der Waals surface area contributed by atoms with Gasteiger partial charge < -0.3 is 4.90 Å². The van der Waals surface area contributed by atoms with Crippen LogP contribution in [0, 0.1) is 6.92 Å². The number of nitrogens with zero attached hydrogens (tertiary/aromatic N) is 3. The highest BCUT2D eigenvalue weighted by atomic mass is 32.1. The van der Waals surface area contributed by atoms with E-state index in [1.807, 2.05) is 96.8 Å². The summed E-state index contributed by atoms with van der Waals surface area (Å²) in [4.78, 5) is 15.1. The maximum atomic E-state index is 13.3. The minimum atomic E-state index is -0.538. The van der Waals surface area contributed by atoms with Crippen LogP contribution >= 0.6 is 12.2 Å². The molecule has 1 heterocycles. The van der Waals surface area contributed by atoms with Crippen molar-refractivity contribution in [3.05, 3.63) is 102 Å². The van der Waals surface area contributed by atoms with Gasteiger partial charge >= 0.3 is 0 Å². The Balaban J connectivity index is 1.74. The van der Waals surface area contributed by atoms with E-state index in [0.29, 0.717) is 5.11 Å². The zero-order chi connectivity index (χ0) is 19.5. The summed E-state index contributed by atoms with van der Waals surface area (Å²) in [5.74, 6) is -0.163. The van der Waals surface area contributed by atoms with E-state index in [1.54, 1.807) is 6.21 Å². The Hall–Kier alpha value is -3.31. The first-order chi connectivity index (χ1) is 13.6. The van der Waals surface area contributed by atoms with Gasteiger partial charge in [0.1, 0.15) is 6.04 Å². The van der Waals surface area contributed by atoms with E-state index in [2.05, 4.69) is 5.10 Å². The molecular weight excluding hydrogens is 366 g/mol. The van der Waals surface area contributed by atoms with Gasteiger partial charge in [-0.25, -0.2) is 0 Å². The number of rotatable bonds is 4. The lowest BCUT2D eigenvalue weighted by atomic mass is 10.1. The smallest absolute Gasteiger partial charge is 0.277 e. The van der Waals surface area contributed by atoms with E-state index in [4.69, 9.17) is 12.2 Å². The van der Waals surface area contributed by atoms with Crippen molar-refractivity contribution in [2.75, 3.05) is 4.90 Å². The lowest BCUT2D eigenvalue weighted by molar-refractivity contribution is -0.126. The van der Waals surface area contributed by atoms with Crippen molar-refractivity contribution in [1.82, 2.24) is 5.01 Å². The van der Waals surface area contributed by atoms with Crippen LogP contribution in [0.15, 0.2) is 90.0 Å². The van der Waals surface area contributed by atoms with E-state index in [1.165, 1.54) is 5.01 Å². The Labute approximate surface area is 169 Å². The van der Waals surface area contributed by atoms with Gasteiger partial charge in [0, 0.05) is 5.69 Å². The quantitative estimate of drug-likeness (QED) is 0.482. The molecule has 1 aliphatic heterocycles. The second-order valence-electron chi connectivity index (χ2n) is 6.61. The van der Waals surface area contributed by atoms with Gasteiger partial charge in [0.15, 0.2) is 0 Å². The fourth-order valence-electron chi connectivity index (χ4n) is 3.19. The lowest BCUT2D eigenvalue weighted by Crippen LogP contribution is -2.30. The maximum absolute atomic E-state index is 13.3. The van der Waals surface area contributed by atoms with E-state index in [9.17, 15) is 4.79 Å². The zero-order valence-electron chi connectivity index (χ0n) is 15.4. The molecule has 5 heteroatoms. The van der Waals surface area contributed by atoms with Gasteiger partial charge in [-0.15, -0.1) is 0 Å². The largest absolute Gasteiger partial charge is 0.300 e. The Morgan fingerprint density at radius 1 is 0.893 bits per heavy atom. The van der Waals surface area contributed by atoms with Crippen LogP contribution in [-0.4, -0.2) is 22.2 Å². The number of hydrazone groups is 1. The number of anilines is 1. The molecule has 1 atom stereocenters. The van der Waals surface area contributed by atoms with Gasteiger partial charge in [0.05, 0.1) is 6.21 Å². The predicted octanol–water partition coefficient (Wildman–Crippen LogP) is 4.70. The number of carbonyl (C=O) groups excluding carboxylic acids is 1. The molecule has 3 aromatic rings. The lowest BCUT2D eigenvalue weighted by Gasteiger charge is -2.23. The van der Waals surface area contributed by atoms with Crippen molar-refractivity contribution in [1.29, 1.82) is 0 Å². The van der Waals surface area contributed by atoms with Crippen LogP contribution in [0.2, 0.25) is 0 Å². The number of carbonyl (C=O) groups is 1. The molecule has 3 aromatic carbocycles. The molecule has 1 aliphatic rings. The summed E-state index contributed by atoms with van der Waals surface area (Å²) in [6.45, 7) is 2.03. The van der Waals surface area contributed by atoms with E-state index >= 15 is 0 Å². The van der Waals surface area contributed by atoms with Crippen LogP contribution in [0.25, 0.3) is 0 Å². The molecule has 0 unspecified atom stereocenters. The van der Waals surface area contributed by atoms with Crippen molar-refractivity contribution < 1.29 is 4.79 Å². The van der Waals surface area contributed by atoms with Gasteiger partial charge in [-0.2, -0.15) is 10.1 Å². The van der Waals surface area contributed by atoms with Crippen LogP contribution in [0.4, 0.5) is 5.69 Å². The monoisotopic (exact) mass is 385 g/mol. The number of hydrogen-bond donors (Lipinski definition) is 0. The van der Waals surface area contributed by atoms with Crippen molar-refractivity contribution >= 4 is 35.1 Å². The van der Waals surface area contributed by atoms with Crippen LogP contribution in [0.5, 0.6) is 0 Å². The van der Waals surface area contributed by atoms with Gasteiger partial charge in [0.25, 0.3) is 5.91 Å². The molecule has 0 aromatic heterocycles. The van der Waals surface area contributed by atoms with Crippen molar-refractivity contribution in [2.24, 2.45) is 5.10 Å². The molecule has 0 spiro atoms. The molecular formula is C23H19N3OS. The number of amides is 1. The topological polar surface area (TPSA) is 35.9 Å². The standard InChI is InChI=1S/C23H19N3OS/c1-17-12-14-20(15-13-17)25-21(19-10-6-3-7-11-19)22(27)26(23(25)28)24-16-18-8-4-2-5-9-18/h2-16,21H,1H3/b24-16-/t21-/m0/s1. The van der Waals surface area contributed by atoms with Crippen LogP contribution in [-0.2, 0) is 4.79 Å². The molecule has 28 heavy (non-hydrogen) atoms. The van der Waals surface area contributed by atoms with Crippen molar-refractivity contribution in [3.8, 4) is 0 Å². The predicted molar refractivity (Wildman–Crippen MR) is 116 cm³/mol. The minimum Gasteiger partial charge on any atom is -0.300 e. The summed E-state index contributed by atoms with van der Waals surface area (Å²) in [6, 6.07) is 26.8. The molecule has 0 bridgehead atoms. The van der Waals surface area contributed by atoms with Crippen LogP contribution in [0.3, 0.4) is 0 Å². The highest BCUT2D eigenvalue weighted by molar-refractivity contribution is 7.80. The highest BCUT2D eigenvalue weighted by Gasteiger charge is 2.44. The summed E-state index contributed by atoms with van der Waals surface area (Å²) >= 11 is 5.66. The maximum Gasteiger partial charge on any atom is 0.277 e. The summed E-state index contributed by atoms with van der Waals surface area (Å²) in [5.41, 5.74) is 3.81. The van der Waals surface area contributed by atoms with E-state index in [0.717, 1.165) is 22.4 Å². The summed E-state index contributed by atoms with van der Waals surface area (Å²) in [6.07, 6.45) is 1.66. The van der Waals surface area contributed by atoms with Gasteiger partial charge in [-0.05, 0) is 42.4 Å². The highest BCUT2D eigenvalue weighted by Crippen LogP contribution is 2.36. The molecule has 4 nitrogen and oxygen atoms in total. The summed E-state index contributed by atoms with van der Waals surface area (Å²) < 4.78 is 0. The summed E-state index contributed by atoms with van der Waals surface area (Å²) in [5, 5.41) is 6.09. The molecule has 0 aliphatic carbocycles. The number of aryl methyl sites for hydroxylation is 1. The molecule has 1 amide bonds. The van der Waals surface area contributed by atoms with Crippen molar-refractivity contribution in [2.45, 2.75) is 13.0 Å². The molecule has 0 saturated carbocycles. The van der Waals surface area contributed by atoms with Gasteiger partial charge in [-0.3, -0.25) is 4.79 Å². The molecule has 4 rings (SSSR count). The number of benzene rings is 3. The molecule has 138 valence electrons. The molecule has 1 fully saturated rings. The Morgan fingerprint density at radius 3 is 2.14 bits per heavy atom. The normalized spacial score (nSPS) is 17.0. The Morgan fingerprint density at radius 2 is 1.50 bits per heavy atom. The third-order valence-electron chi connectivity index (χ3n) is 4.64. The van der Waals surface area contributed by atoms with Gasteiger partial charge in [-0.1, -0.05) is 78.4 Å². The van der Waals surface area contributed by atoms with E-state index < -0.39 is 6.04 Å². The third-order valence-corrected chi connectivity index (χ3v) is 5.01.